The van der Waals surface area contributed by atoms with Crippen LogP contribution >= 0.6 is 12.2 Å². The van der Waals surface area contributed by atoms with Crippen LogP contribution in [0.3, 0.4) is 0 Å². The second-order valence-electron chi connectivity index (χ2n) is 8.95. The molecule has 1 aromatic carbocycles. The Morgan fingerprint density at radius 3 is 2.42 bits per heavy atom. The van der Waals surface area contributed by atoms with Crippen molar-refractivity contribution < 1.29 is 4.74 Å². The van der Waals surface area contributed by atoms with E-state index in [-0.39, 0.29) is 0 Å². The van der Waals surface area contributed by atoms with Crippen molar-refractivity contribution in [2.24, 2.45) is 23.2 Å². The molecule has 0 radical (unpaired) electrons. The third kappa shape index (κ3) is 3.58. The predicted octanol–water partition coefficient (Wildman–Crippen LogP) is 5.37. The molecule has 4 aliphatic rings. The molecule has 0 spiro atoms. The molecule has 0 aliphatic heterocycles. The van der Waals surface area contributed by atoms with E-state index < -0.39 is 0 Å². The Kier molecular flexibility index (Phi) is 5.13. The van der Waals surface area contributed by atoms with E-state index >= 15 is 0 Å². The minimum absolute atomic E-state index is 0.477. The van der Waals surface area contributed by atoms with Crippen LogP contribution in [0.2, 0.25) is 0 Å². The van der Waals surface area contributed by atoms with Gasteiger partial charge >= 0.3 is 0 Å². The summed E-state index contributed by atoms with van der Waals surface area (Å²) in [7, 11) is 1.69. The number of hydrogen-bond acceptors (Lipinski definition) is 2. The van der Waals surface area contributed by atoms with Crippen molar-refractivity contribution in [1.29, 1.82) is 0 Å². The zero-order valence-electron chi connectivity index (χ0n) is 16.1. The number of ether oxygens (including phenoxy) is 1. The fourth-order valence-electron chi connectivity index (χ4n) is 6.45. The molecule has 4 bridgehead atoms. The lowest BCUT2D eigenvalue weighted by molar-refractivity contribution is -0.0718. The summed E-state index contributed by atoms with van der Waals surface area (Å²) >= 11 is 5.70. The topological polar surface area (TPSA) is 33.3 Å². The second kappa shape index (κ2) is 7.38. The molecular formula is C22H32N2OS. The van der Waals surface area contributed by atoms with Gasteiger partial charge in [-0.05, 0) is 92.5 Å². The highest BCUT2D eigenvalue weighted by Gasteiger charge is 2.54. The highest BCUT2D eigenvalue weighted by Crippen LogP contribution is 2.61. The van der Waals surface area contributed by atoms with Crippen molar-refractivity contribution in [1.82, 2.24) is 5.32 Å². The third-order valence-corrected chi connectivity index (χ3v) is 7.25. The lowest BCUT2D eigenvalue weighted by Gasteiger charge is -2.59. The summed E-state index contributed by atoms with van der Waals surface area (Å²) in [5, 5.41) is 7.88. The monoisotopic (exact) mass is 372 g/mol. The van der Waals surface area contributed by atoms with Crippen LogP contribution in [0.25, 0.3) is 0 Å². The van der Waals surface area contributed by atoms with Crippen molar-refractivity contribution in [2.45, 2.75) is 64.3 Å². The van der Waals surface area contributed by atoms with Crippen molar-refractivity contribution in [2.75, 3.05) is 12.4 Å². The molecule has 0 heterocycles. The molecule has 4 saturated carbocycles. The molecule has 3 nitrogen and oxygen atoms in total. The first kappa shape index (κ1) is 18.1. The van der Waals surface area contributed by atoms with Crippen LogP contribution in [0.1, 0.15) is 58.3 Å². The van der Waals surface area contributed by atoms with Gasteiger partial charge in [0, 0.05) is 17.8 Å². The number of hydrogen-bond donors (Lipinski definition) is 2. The zero-order valence-corrected chi connectivity index (χ0v) is 16.9. The lowest BCUT2D eigenvalue weighted by atomic mass is 9.47. The van der Waals surface area contributed by atoms with Crippen molar-refractivity contribution in [3.05, 3.63) is 24.3 Å². The van der Waals surface area contributed by atoms with Gasteiger partial charge in [0.25, 0.3) is 0 Å². The summed E-state index contributed by atoms with van der Waals surface area (Å²) in [6.45, 7) is 2.30. The molecular weight excluding hydrogens is 340 g/mol. The maximum absolute atomic E-state index is 5.70. The van der Waals surface area contributed by atoms with E-state index in [9.17, 15) is 0 Å². The van der Waals surface area contributed by atoms with Gasteiger partial charge in [0.05, 0.1) is 7.11 Å². The fourth-order valence-corrected chi connectivity index (χ4v) is 6.71. The third-order valence-electron chi connectivity index (χ3n) is 7.04. The van der Waals surface area contributed by atoms with Crippen LogP contribution in [0.4, 0.5) is 5.69 Å². The summed E-state index contributed by atoms with van der Waals surface area (Å²) in [6.07, 6.45) is 11.1. The number of thiocarbonyl (C=S) groups is 1. The Balaban J connectivity index is 1.46. The first-order valence-corrected chi connectivity index (χ1v) is 10.7. The fraction of sp³-hybridized carbons (Fsp3) is 0.682. The second-order valence-corrected chi connectivity index (χ2v) is 9.36. The minimum Gasteiger partial charge on any atom is -0.497 e. The van der Waals surface area contributed by atoms with Gasteiger partial charge in [0.2, 0.25) is 0 Å². The maximum Gasteiger partial charge on any atom is 0.171 e. The highest BCUT2D eigenvalue weighted by molar-refractivity contribution is 7.80. The Bertz CT molecular complexity index is 624. The Labute approximate surface area is 163 Å². The molecule has 2 N–H and O–H groups in total. The van der Waals surface area contributed by atoms with E-state index in [4.69, 9.17) is 17.0 Å². The Hall–Kier alpha value is -1.29. The molecule has 1 atom stereocenters. The van der Waals surface area contributed by atoms with E-state index in [1.807, 2.05) is 24.3 Å². The molecule has 1 unspecified atom stereocenters. The SMILES string of the molecule is CCCC(NC(=S)Nc1cccc(OC)c1)C12CC3CC(CC(C3)C1)C2. The van der Waals surface area contributed by atoms with Gasteiger partial charge < -0.3 is 15.4 Å². The van der Waals surface area contributed by atoms with Crippen LogP contribution in [0.5, 0.6) is 5.75 Å². The van der Waals surface area contributed by atoms with E-state index in [2.05, 4.69) is 17.6 Å². The van der Waals surface area contributed by atoms with Crippen LogP contribution in [-0.4, -0.2) is 18.3 Å². The molecule has 0 amide bonds. The number of rotatable bonds is 6. The predicted molar refractivity (Wildman–Crippen MR) is 112 cm³/mol. The summed E-state index contributed by atoms with van der Waals surface area (Å²) in [5.74, 6) is 3.77. The minimum atomic E-state index is 0.477. The molecule has 4 fully saturated rings. The first-order valence-electron chi connectivity index (χ1n) is 10.3. The van der Waals surface area contributed by atoms with Gasteiger partial charge in [-0.2, -0.15) is 0 Å². The largest absolute Gasteiger partial charge is 0.497 e. The number of methoxy groups -OCH3 is 1. The standard InChI is InChI=1S/C22H32N2OS/c1-3-5-20(22-12-15-8-16(13-22)10-17(9-15)14-22)24-21(26)23-18-6-4-7-19(11-18)25-2/h4,6-7,11,15-17,20H,3,5,8-10,12-14H2,1-2H3,(H2,23,24,26). The van der Waals surface area contributed by atoms with Gasteiger partial charge in [0.1, 0.15) is 5.75 Å². The van der Waals surface area contributed by atoms with Crippen molar-refractivity contribution in [3.63, 3.8) is 0 Å². The highest BCUT2D eigenvalue weighted by atomic mass is 32.1. The van der Waals surface area contributed by atoms with Crippen molar-refractivity contribution >= 4 is 23.0 Å². The normalized spacial score (nSPS) is 32.9. The summed E-state index contributed by atoms with van der Waals surface area (Å²) in [6, 6.07) is 8.49. The van der Waals surface area contributed by atoms with E-state index in [1.165, 1.54) is 51.4 Å². The van der Waals surface area contributed by atoms with Gasteiger partial charge in [-0.1, -0.05) is 19.4 Å². The van der Waals surface area contributed by atoms with Crippen LogP contribution < -0.4 is 15.4 Å². The number of anilines is 1. The number of nitrogens with one attached hydrogen (secondary N) is 2. The van der Waals surface area contributed by atoms with Crippen LogP contribution in [0.15, 0.2) is 24.3 Å². The quantitative estimate of drug-likeness (QED) is 0.658. The molecule has 142 valence electrons. The average molecular weight is 373 g/mol. The molecule has 1 aromatic rings. The van der Waals surface area contributed by atoms with Gasteiger partial charge in [0.15, 0.2) is 5.11 Å². The Morgan fingerprint density at radius 1 is 1.19 bits per heavy atom. The zero-order chi connectivity index (χ0) is 18.1. The van der Waals surface area contributed by atoms with Gasteiger partial charge in [-0.3, -0.25) is 0 Å². The molecule has 26 heavy (non-hydrogen) atoms. The van der Waals surface area contributed by atoms with E-state index in [0.717, 1.165) is 34.3 Å². The van der Waals surface area contributed by atoms with Gasteiger partial charge in [-0.25, -0.2) is 0 Å². The maximum atomic E-state index is 5.70. The summed E-state index contributed by atoms with van der Waals surface area (Å²) < 4.78 is 5.32. The molecule has 0 saturated heterocycles. The lowest BCUT2D eigenvalue weighted by Crippen LogP contribution is -2.57. The molecule has 5 rings (SSSR count). The van der Waals surface area contributed by atoms with Crippen LogP contribution in [0, 0.1) is 23.2 Å². The van der Waals surface area contributed by atoms with E-state index in [1.54, 1.807) is 7.11 Å². The molecule has 4 heteroatoms. The van der Waals surface area contributed by atoms with Gasteiger partial charge in [-0.15, -0.1) is 0 Å². The van der Waals surface area contributed by atoms with Crippen molar-refractivity contribution in [3.8, 4) is 5.75 Å². The molecule has 4 aliphatic carbocycles. The summed E-state index contributed by atoms with van der Waals surface area (Å²) in [5.41, 5.74) is 1.47. The Morgan fingerprint density at radius 2 is 1.85 bits per heavy atom. The number of benzene rings is 1. The summed E-state index contributed by atoms with van der Waals surface area (Å²) in [4.78, 5) is 0. The smallest absolute Gasteiger partial charge is 0.171 e. The van der Waals surface area contributed by atoms with Crippen LogP contribution in [-0.2, 0) is 0 Å². The molecule has 0 aromatic heterocycles. The average Bonchev–Trinajstić information content (AvgIpc) is 2.60. The first-order chi connectivity index (χ1) is 12.6. The van der Waals surface area contributed by atoms with E-state index in [0.29, 0.717) is 11.5 Å².